The molecule has 7 nitrogen and oxygen atoms in total. The van der Waals surface area contributed by atoms with E-state index in [0.29, 0.717) is 30.1 Å². The number of anilines is 1. The summed E-state index contributed by atoms with van der Waals surface area (Å²) in [5.74, 6) is 1.62. The highest BCUT2D eigenvalue weighted by atomic mass is 16.5. The summed E-state index contributed by atoms with van der Waals surface area (Å²) in [6.45, 7) is 0. The Bertz CT molecular complexity index is 895. The largest absolute Gasteiger partial charge is 0.493 e. The maximum absolute atomic E-state index is 12.3. The maximum atomic E-state index is 12.3. The van der Waals surface area contributed by atoms with Gasteiger partial charge in [0.15, 0.2) is 11.5 Å². The predicted molar refractivity (Wildman–Crippen MR) is 99.1 cm³/mol. The van der Waals surface area contributed by atoms with Gasteiger partial charge in [0.05, 0.1) is 33.0 Å². The quantitative estimate of drug-likeness (QED) is 0.680. The van der Waals surface area contributed by atoms with Gasteiger partial charge in [0.2, 0.25) is 11.7 Å². The van der Waals surface area contributed by atoms with Crippen LogP contribution >= 0.6 is 0 Å². The van der Waals surface area contributed by atoms with E-state index in [4.69, 9.17) is 14.2 Å². The minimum absolute atomic E-state index is 0.0680. The molecule has 0 saturated carbocycles. The zero-order valence-corrected chi connectivity index (χ0v) is 15.0. The molecule has 7 heteroatoms. The highest BCUT2D eigenvalue weighted by molar-refractivity contribution is 5.93. The Hall–Kier alpha value is -3.22. The third-order valence-corrected chi connectivity index (χ3v) is 4.09. The molecule has 2 aromatic carbocycles. The SMILES string of the molecule is COc1cc(CCC(=O)Nc2ccc3[nH]ncc3c2)cc(OC)c1OC. The summed E-state index contributed by atoms with van der Waals surface area (Å²) < 4.78 is 16.0. The van der Waals surface area contributed by atoms with Crippen molar-refractivity contribution >= 4 is 22.5 Å². The Morgan fingerprint density at radius 1 is 1.08 bits per heavy atom. The van der Waals surface area contributed by atoms with E-state index in [2.05, 4.69) is 15.5 Å². The molecule has 0 aliphatic rings. The molecule has 0 spiro atoms. The molecule has 0 fully saturated rings. The van der Waals surface area contributed by atoms with Crippen LogP contribution in [0.2, 0.25) is 0 Å². The summed E-state index contributed by atoms with van der Waals surface area (Å²) in [6, 6.07) is 9.32. The molecule has 0 unspecified atom stereocenters. The average Bonchev–Trinajstić information content (AvgIpc) is 3.13. The van der Waals surface area contributed by atoms with E-state index in [1.54, 1.807) is 27.5 Å². The van der Waals surface area contributed by atoms with Gasteiger partial charge >= 0.3 is 0 Å². The van der Waals surface area contributed by atoms with Gasteiger partial charge in [0.25, 0.3) is 0 Å². The lowest BCUT2D eigenvalue weighted by Gasteiger charge is -2.14. The Morgan fingerprint density at radius 2 is 1.81 bits per heavy atom. The number of nitrogens with zero attached hydrogens (tertiary/aromatic N) is 1. The molecule has 0 bridgehead atoms. The van der Waals surface area contributed by atoms with Crippen molar-refractivity contribution in [3.63, 3.8) is 0 Å². The lowest BCUT2D eigenvalue weighted by molar-refractivity contribution is -0.116. The van der Waals surface area contributed by atoms with Crippen LogP contribution in [0.25, 0.3) is 10.9 Å². The summed E-state index contributed by atoms with van der Waals surface area (Å²) >= 11 is 0. The number of carbonyl (C=O) groups is 1. The minimum atomic E-state index is -0.0680. The number of methoxy groups -OCH3 is 3. The smallest absolute Gasteiger partial charge is 0.224 e. The maximum Gasteiger partial charge on any atom is 0.224 e. The van der Waals surface area contributed by atoms with Gasteiger partial charge in [-0.2, -0.15) is 5.10 Å². The first kappa shape index (κ1) is 17.6. The summed E-state index contributed by atoms with van der Waals surface area (Å²) in [7, 11) is 4.70. The normalized spacial score (nSPS) is 10.6. The molecule has 0 atom stereocenters. The van der Waals surface area contributed by atoms with Crippen LogP contribution in [-0.2, 0) is 11.2 Å². The van der Waals surface area contributed by atoms with Crippen LogP contribution in [0.4, 0.5) is 5.69 Å². The lowest BCUT2D eigenvalue weighted by atomic mass is 10.1. The van der Waals surface area contributed by atoms with Crippen LogP contribution in [0.15, 0.2) is 36.5 Å². The molecule has 1 amide bonds. The second kappa shape index (κ2) is 7.77. The van der Waals surface area contributed by atoms with Crippen molar-refractivity contribution in [2.75, 3.05) is 26.6 Å². The number of rotatable bonds is 7. The Balaban J connectivity index is 1.67. The van der Waals surface area contributed by atoms with Crippen molar-refractivity contribution in [2.45, 2.75) is 12.8 Å². The standard InChI is InChI=1S/C19H21N3O4/c1-24-16-8-12(9-17(25-2)19(16)26-3)4-7-18(23)21-14-5-6-15-13(10-14)11-20-22-15/h5-6,8-11H,4,7H2,1-3H3,(H,20,22)(H,21,23). The van der Waals surface area contributed by atoms with E-state index in [9.17, 15) is 4.79 Å². The molecule has 3 rings (SSSR count). The Kier molecular flexibility index (Phi) is 5.26. The van der Waals surface area contributed by atoms with Crippen LogP contribution in [0.1, 0.15) is 12.0 Å². The molecule has 26 heavy (non-hydrogen) atoms. The molecule has 136 valence electrons. The van der Waals surface area contributed by atoms with Crippen molar-refractivity contribution in [3.05, 3.63) is 42.1 Å². The number of H-pyrrole nitrogens is 1. The van der Waals surface area contributed by atoms with Crippen molar-refractivity contribution in [2.24, 2.45) is 0 Å². The number of carbonyl (C=O) groups excluding carboxylic acids is 1. The van der Waals surface area contributed by atoms with Gasteiger partial charge in [-0.25, -0.2) is 0 Å². The van der Waals surface area contributed by atoms with E-state index in [1.807, 2.05) is 30.3 Å². The van der Waals surface area contributed by atoms with Crippen LogP contribution in [0.3, 0.4) is 0 Å². The number of amides is 1. The van der Waals surface area contributed by atoms with Crippen LogP contribution in [0, 0.1) is 0 Å². The van der Waals surface area contributed by atoms with Crippen molar-refractivity contribution in [1.29, 1.82) is 0 Å². The van der Waals surface area contributed by atoms with Gasteiger partial charge in [-0.1, -0.05) is 0 Å². The Morgan fingerprint density at radius 3 is 2.46 bits per heavy atom. The molecule has 2 N–H and O–H groups in total. The third-order valence-electron chi connectivity index (χ3n) is 4.09. The fraction of sp³-hybridized carbons (Fsp3) is 0.263. The molecule has 3 aromatic rings. The lowest BCUT2D eigenvalue weighted by Crippen LogP contribution is -2.12. The fourth-order valence-electron chi connectivity index (χ4n) is 2.78. The van der Waals surface area contributed by atoms with E-state index < -0.39 is 0 Å². The number of benzene rings is 2. The van der Waals surface area contributed by atoms with Crippen molar-refractivity contribution in [3.8, 4) is 17.2 Å². The number of nitrogens with one attached hydrogen (secondary N) is 2. The summed E-state index contributed by atoms with van der Waals surface area (Å²) in [5.41, 5.74) is 2.61. The topological polar surface area (TPSA) is 85.5 Å². The van der Waals surface area contributed by atoms with E-state index in [0.717, 1.165) is 22.2 Å². The fourth-order valence-corrected chi connectivity index (χ4v) is 2.78. The molecule has 0 radical (unpaired) electrons. The van der Waals surface area contributed by atoms with E-state index in [-0.39, 0.29) is 5.91 Å². The molecule has 0 aliphatic heterocycles. The summed E-state index contributed by atoms with van der Waals surface area (Å²) in [6.07, 6.45) is 2.61. The van der Waals surface area contributed by atoms with E-state index in [1.165, 1.54) is 0 Å². The molecule has 1 heterocycles. The summed E-state index contributed by atoms with van der Waals surface area (Å²) in [5, 5.41) is 10.7. The van der Waals surface area contributed by atoms with Crippen LogP contribution < -0.4 is 19.5 Å². The van der Waals surface area contributed by atoms with Crippen molar-refractivity contribution < 1.29 is 19.0 Å². The van der Waals surface area contributed by atoms with Crippen LogP contribution in [-0.4, -0.2) is 37.4 Å². The number of fused-ring (bicyclic) bond motifs is 1. The average molecular weight is 355 g/mol. The first-order valence-corrected chi connectivity index (χ1v) is 8.16. The second-order valence-electron chi connectivity index (χ2n) is 5.75. The van der Waals surface area contributed by atoms with Gasteiger partial charge < -0.3 is 19.5 Å². The van der Waals surface area contributed by atoms with Gasteiger partial charge in [0.1, 0.15) is 0 Å². The third kappa shape index (κ3) is 3.72. The zero-order chi connectivity index (χ0) is 18.5. The van der Waals surface area contributed by atoms with Gasteiger partial charge in [-0.05, 0) is 42.3 Å². The molecule has 0 saturated heterocycles. The van der Waals surface area contributed by atoms with Gasteiger partial charge in [-0.3, -0.25) is 9.89 Å². The highest BCUT2D eigenvalue weighted by Gasteiger charge is 2.14. The molecular formula is C19H21N3O4. The van der Waals surface area contributed by atoms with Gasteiger partial charge in [0, 0.05) is 17.5 Å². The molecular weight excluding hydrogens is 334 g/mol. The van der Waals surface area contributed by atoms with Crippen molar-refractivity contribution in [1.82, 2.24) is 10.2 Å². The molecule has 0 aliphatic carbocycles. The van der Waals surface area contributed by atoms with E-state index >= 15 is 0 Å². The summed E-state index contributed by atoms with van der Waals surface area (Å²) in [4.78, 5) is 12.3. The zero-order valence-electron chi connectivity index (χ0n) is 15.0. The van der Waals surface area contributed by atoms with Crippen LogP contribution in [0.5, 0.6) is 17.2 Å². The number of aromatic amines is 1. The number of aromatic nitrogens is 2. The molecule has 1 aromatic heterocycles. The van der Waals surface area contributed by atoms with Gasteiger partial charge in [-0.15, -0.1) is 0 Å². The minimum Gasteiger partial charge on any atom is -0.493 e. The predicted octanol–water partition coefficient (Wildman–Crippen LogP) is 3.16. The first-order chi connectivity index (χ1) is 12.6. The number of ether oxygens (including phenoxy) is 3. The number of hydrogen-bond donors (Lipinski definition) is 2. The number of hydrogen-bond acceptors (Lipinski definition) is 5. The second-order valence-corrected chi connectivity index (χ2v) is 5.75. The Labute approximate surface area is 151 Å². The number of aryl methyl sites for hydroxylation is 1. The first-order valence-electron chi connectivity index (χ1n) is 8.16. The monoisotopic (exact) mass is 355 g/mol. The highest BCUT2D eigenvalue weighted by Crippen LogP contribution is 2.38.